The van der Waals surface area contributed by atoms with Crippen molar-refractivity contribution < 1.29 is 26.5 Å². The predicted molar refractivity (Wildman–Crippen MR) is 51.3 cm³/mol. The third kappa shape index (κ3) is 2.01. The number of hydrogen-bond donors (Lipinski definition) is 1. The molecule has 0 atom stereocenters. The smallest absolute Gasteiger partial charge is 0.380 e. The number of hydrogen-bond acceptors (Lipinski definition) is 3. The molecular formula is C10H5F5N2O. The largest absolute Gasteiger partial charge is 0.453 e. The van der Waals surface area contributed by atoms with Gasteiger partial charge in [0.2, 0.25) is 0 Å². The van der Waals surface area contributed by atoms with Crippen molar-refractivity contribution in [1.29, 1.82) is 0 Å². The molecule has 96 valence electrons. The summed E-state index contributed by atoms with van der Waals surface area (Å²) in [6.45, 7) is 0. The number of anilines is 1. The van der Waals surface area contributed by atoms with Crippen LogP contribution in [-0.4, -0.2) is 5.16 Å². The molecule has 1 aromatic carbocycles. The number of nitrogens with zero attached hydrogens (tertiary/aromatic N) is 1. The van der Waals surface area contributed by atoms with Crippen LogP contribution in [0.5, 0.6) is 0 Å². The second-order valence-corrected chi connectivity index (χ2v) is 3.39. The van der Waals surface area contributed by atoms with Gasteiger partial charge in [-0.3, -0.25) is 0 Å². The van der Waals surface area contributed by atoms with Gasteiger partial charge in [0.05, 0.1) is 5.56 Å². The van der Waals surface area contributed by atoms with Gasteiger partial charge in [-0.05, 0) is 12.1 Å². The van der Waals surface area contributed by atoms with E-state index < -0.39 is 40.5 Å². The fourth-order valence-electron chi connectivity index (χ4n) is 1.45. The van der Waals surface area contributed by atoms with Crippen molar-refractivity contribution in [1.82, 2.24) is 5.16 Å². The third-order valence-electron chi connectivity index (χ3n) is 2.18. The molecule has 18 heavy (non-hydrogen) atoms. The standard InChI is InChI=1S/C10H5F5N2O/c11-4-1-2-5(6(12)3-4)7-8(10(13,14)15)18-17-9(7)16/h1-3H,(H2,16,17). The zero-order valence-electron chi connectivity index (χ0n) is 8.55. The van der Waals surface area contributed by atoms with Crippen LogP contribution in [0.1, 0.15) is 5.76 Å². The quantitative estimate of drug-likeness (QED) is 0.804. The van der Waals surface area contributed by atoms with Crippen molar-refractivity contribution in [2.24, 2.45) is 0 Å². The maximum absolute atomic E-state index is 13.4. The van der Waals surface area contributed by atoms with Crippen LogP contribution < -0.4 is 5.73 Å². The molecular weight excluding hydrogens is 259 g/mol. The fourth-order valence-corrected chi connectivity index (χ4v) is 1.45. The monoisotopic (exact) mass is 264 g/mol. The summed E-state index contributed by atoms with van der Waals surface area (Å²) in [5.41, 5.74) is 3.95. The lowest BCUT2D eigenvalue weighted by Gasteiger charge is -2.06. The van der Waals surface area contributed by atoms with E-state index in [-0.39, 0.29) is 0 Å². The molecule has 2 aromatic rings. The Hall–Kier alpha value is -2.12. The normalized spacial score (nSPS) is 11.8. The molecule has 0 fully saturated rings. The fraction of sp³-hybridized carbons (Fsp3) is 0.100. The molecule has 0 radical (unpaired) electrons. The second kappa shape index (κ2) is 3.97. The highest BCUT2D eigenvalue weighted by atomic mass is 19.4. The Balaban J connectivity index is 2.67. The van der Waals surface area contributed by atoms with Crippen LogP contribution in [0.2, 0.25) is 0 Å². The Labute approximate surface area is 97.0 Å². The summed E-state index contributed by atoms with van der Waals surface area (Å²) >= 11 is 0. The van der Waals surface area contributed by atoms with Gasteiger partial charge in [-0.25, -0.2) is 8.78 Å². The molecule has 3 nitrogen and oxygen atoms in total. The topological polar surface area (TPSA) is 52.0 Å². The molecule has 0 amide bonds. The molecule has 0 saturated carbocycles. The first kappa shape index (κ1) is 12.3. The van der Waals surface area contributed by atoms with Crippen LogP contribution >= 0.6 is 0 Å². The van der Waals surface area contributed by atoms with Crippen molar-refractivity contribution in [3.05, 3.63) is 35.6 Å². The highest BCUT2D eigenvalue weighted by Crippen LogP contribution is 2.40. The van der Waals surface area contributed by atoms with Gasteiger partial charge in [-0.2, -0.15) is 13.2 Å². The zero-order valence-corrected chi connectivity index (χ0v) is 8.55. The van der Waals surface area contributed by atoms with Crippen molar-refractivity contribution in [2.45, 2.75) is 6.18 Å². The highest BCUT2D eigenvalue weighted by molar-refractivity contribution is 5.76. The van der Waals surface area contributed by atoms with Crippen LogP contribution in [0.25, 0.3) is 11.1 Å². The minimum absolute atomic E-state index is 0.446. The molecule has 1 aromatic heterocycles. The van der Waals surface area contributed by atoms with Crippen molar-refractivity contribution in [2.75, 3.05) is 5.73 Å². The molecule has 2 N–H and O–H groups in total. The van der Waals surface area contributed by atoms with Gasteiger partial charge in [0.25, 0.3) is 5.76 Å². The Bertz CT molecular complexity index is 590. The zero-order chi connectivity index (χ0) is 13.5. The first-order valence-corrected chi connectivity index (χ1v) is 4.58. The van der Waals surface area contributed by atoms with Crippen LogP contribution in [0.3, 0.4) is 0 Å². The predicted octanol–water partition coefficient (Wildman–Crippen LogP) is 3.22. The van der Waals surface area contributed by atoms with E-state index in [4.69, 9.17) is 5.73 Å². The molecule has 0 aliphatic heterocycles. The average Bonchev–Trinajstić information content (AvgIpc) is 2.60. The number of halogens is 5. The maximum atomic E-state index is 13.4. The van der Waals surface area contributed by atoms with E-state index in [1.165, 1.54) is 0 Å². The van der Waals surface area contributed by atoms with Crippen molar-refractivity contribution in [3.8, 4) is 11.1 Å². The molecule has 0 spiro atoms. The number of nitrogens with two attached hydrogens (primary N) is 1. The first-order chi connectivity index (χ1) is 8.30. The number of aromatic nitrogens is 1. The van der Waals surface area contributed by atoms with E-state index in [0.717, 1.165) is 12.1 Å². The van der Waals surface area contributed by atoms with E-state index >= 15 is 0 Å². The van der Waals surface area contributed by atoms with Gasteiger partial charge in [-0.15, -0.1) is 0 Å². The Morgan fingerprint density at radius 2 is 1.83 bits per heavy atom. The van der Waals surface area contributed by atoms with Gasteiger partial charge >= 0.3 is 6.18 Å². The van der Waals surface area contributed by atoms with E-state index in [0.29, 0.717) is 6.07 Å². The summed E-state index contributed by atoms with van der Waals surface area (Å²) in [5, 5.41) is 2.95. The van der Waals surface area contributed by atoms with E-state index in [1.54, 1.807) is 0 Å². The summed E-state index contributed by atoms with van der Waals surface area (Å²) in [7, 11) is 0. The lowest BCUT2D eigenvalue weighted by atomic mass is 10.0. The summed E-state index contributed by atoms with van der Waals surface area (Å²) in [5.74, 6) is -4.24. The van der Waals surface area contributed by atoms with Gasteiger partial charge in [0.15, 0.2) is 5.82 Å². The lowest BCUT2D eigenvalue weighted by molar-refractivity contribution is -0.154. The first-order valence-electron chi connectivity index (χ1n) is 4.58. The molecule has 0 bridgehead atoms. The average molecular weight is 264 g/mol. The molecule has 1 heterocycles. The third-order valence-corrected chi connectivity index (χ3v) is 2.18. The van der Waals surface area contributed by atoms with Gasteiger partial charge < -0.3 is 10.3 Å². The minimum atomic E-state index is -4.87. The van der Waals surface area contributed by atoms with Crippen molar-refractivity contribution in [3.63, 3.8) is 0 Å². The molecule has 0 unspecified atom stereocenters. The molecule has 0 saturated heterocycles. The Kier molecular flexibility index (Phi) is 2.72. The maximum Gasteiger partial charge on any atom is 0.453 e. The summed E-state index contributed by atoms with van der Waals surface area (Å²) in [4.78, 5) is 0. The van der Waals surface area contributed by atoms with Gasteiger partial charge in [-0.1, -0.05) is 5.16 Å². The Morgan fingerprint density at radius 3 is 2.39 bits per heavy atom. The van der Waals surface area contributed by atoms with Crippen LogP contribution in [-0.2, 0) is 6.18 Å². The second-order valence-electron chi connectivity index (χ2n) is 3.39. The van der Waals surface area contributed by atoms with Crippen LogP contribution in [0.4, 0.5) is 27.8 Å². The van der Waals surface area contributed by atoms with Crippen LogP contribution in [0.15, 0.2) is 22.7 Å². The summed E-state index contributed by atoms with van der Waals surface area (Å²) in [6, 6.07) is 2.09. The summed E-state index contributed by atoms with van der Waals surface area (Å²) in [6.07, 6.45) is -4.87. The number of rotatable bonds is 1. The molecule has 0 aliphatic carbocycles. The van der Waals surface area contributed by atoms with Crippen LogP contribution in [0, 0.1) is 11.6 Å². The molecule has 0 aliphatic rings. The Morgan fingerprint density at radius 1 is 1.17 bits per heavy atom. The number of alkyl halides is 3. The molecule has 2 rings (SSSR count). The van der Waals surface area contributed by atoms with Gasteiger partial charge in [0, 0.05) is 11.6 Å². The van der Waals surface area contributed by atoms with E-state index in [1.807, 2.05) is 0 Å². The number of benzene rings is 1. The minimum Gasteiger partial charge on any atom is -0.380 e. The van der Waals surface area contributed by atoms with E-state index in [9.17, 15) is 22.0 Å². The lowest BCUT2D eigenvalue weighted by Crippen LogP contribution is -2.06. The highest BCUT2D eigenvalue weighted by Gasteiger charge is 2.41. The SMILES string of the molecule is Nc1noc(C(F)(F)F)c1-c1ccc(F)cc1F. The van der Waals surface area contributed by atoms with Crippen molar-refractivity contribution >= 4 is 5.82 Å². The number of nitrogen functional groups attached to an aromatic ring is 1. The summed E-state index contributed by atoms with van der Waals surface area (Å²) < 4.78 is 67.9. The van der Waals surface area contributed by atoms with E-state index in [2.05, 4.69) is 9.68 Å². The van der Waals surface area contributed by atoms with Gasteiger partial charge in [0.1, 0.15) is 11.6 Å². The molecule has 8 heteroatoms.